The zero-order valence-corrected chi connectivity index (χ0v) is 18.3. The zero-order valence-electron chi connectivity index (χ0n) is 16.7. The summed E-state index contributed by atoms with van der Waals surface area (Å²) in [6, 6.07) is 1.91. The van der Waals surface area contributed by atoms with E-state index in [9.17, 15) is 0 Å². The average Bonchev–Trinajstić information content (AvgIpc) is 2.98. The number of pyridine rings is 1. The summed E-state index contributed by atoms with van der Waals surface area (Å²) in [6.45, 7) is 4.71. The number of nitrogen functional groups attached to an aromatic ring is 1. The first-order valence-corrected chi connectivity index (χ1v) is 11.0. The largest absolute Gasteiger partial charge is 0.383 e. The van der Waals surface area contributed by atoms with Gasteiger partial charge in [-0.3, -0.25) is 4.90 Å². The third-order valence-corrected chi connectivity index (χ3v) is 8.00. The highest BCUT2D eigenvalue weighted by atomic mass is 35.5. The van der Waals surface area contributed by atoms with Crippen LogP contribution in [-0.4, -0.2) is 66.1 Å². The minimum Gasteiger partial charge on any atom is -0.383 e. The molecule has 3 aliphatic rings. The van der Waals surface area contributed by atoms with E-state index < -0.39 is 0 Å². The maximum atomic E-state index is 6.44. The van der Waals surface area contributed by atoms with Gasteiger partial charge in [0.05, 0.1) is 17.7 Å². The lowest BCUT2D eigenvalue weighted by Crippen LogP contribution is -2.57. The Morgan fingerprint density at radius 3 is 2.69 bits per heavy atom. The van der Waals surface area contributed by atoms with Gasteiger partial charge in [-0.15, -0.1) is 0 Å². The van der Waals surface area contributed by atoms with E-state index in [1.165, 1.54) is 11.8 Å². The van der Waals surface area contributed by atoms with Gasteiger partial charge in [-0.05, 0) is 25.8 Å². The molecule has 4 rings (SSSR count). The molecule has 29 heavy (non-hydrogen) atoms. The van der Waals surface area contributed by atoms with Crippen LogP contribution in [0.1, 0.15) is 19.8 Å². The van der Waals surface area contributed by atoms with Crippen molar-refractivity contribution >= 4 is 35.4 Å². The number of ether oxygens (including phenoxy) is 1. The third-order valence-electron chi connectivity index (χ3n) is 6.42. The average molecular weight is 438 g/mol. The Labute approximate surface area is 180 Å². The summed E-state index contributed by atoms with van der Waals surface area (Å²) >= 11 is 7.66. The number of nitrogens with two attached hydrogens (primary N) is 3. The van der Waals surface area contributed by atoms with E-state index in [2.05, 4.69) is 26.7 Å². The van der Waals surface area contributed by atoms with Crippen LogP contribution in [0.25, 0.3) is 0 Å². The Morgan fingerprint density at radius 2 is 2.03 bits per heavy atom. The molecule has 2 fully saturated rings. The molecule has 4 heterocycles. The summed E-state index contributed by atoms with van der Waals surface area (Å²) in [5.74, 6) is 0.913. The van der Waals surface area contributed by atoms with Crippen molar-refractivity contribution in [1.82, 2.24) is 14.8 Å². The molecule has 0 bridgehead atoms. The Morgan fingerprint density at radius 1 is 1.31 bits per heavy atom. The Kier molecular flexibility index (Phi) is 5.69. The van der Waals surface area contributed by atoms with Gasteiger partial charge < -0.3 is 26.8 Å². The fraction of sp³-hybridized carbons (Fsp3) is 0.579. The summed E-state index contributed by atoms with van der Waals surface area (Å²) in [5, 5.41) is 1.12. The van der Waals surface area contributed by atoms with Gasteiger partial charge in [0.25, 0.3) is 0 Å². The smallest absolute Gasteiger partial charge is 0.143 e. The predicted octanol–water partition coefficient (Wildman–Crippen LogP) is 1.67. The maximum Gasteiger partial charge on any atom is 0.143 e. The van der Waals surface area contributed by atoms with Crippen LogP contribution in [0.5, 0.6) is 0 Å². The van der Waals surface area contributed by atoms with Crippen molar-refractivity contribution in [3.8, 4) is 0 Å². The topological polar surface area (TPSA) is 119 Å². The Balaban J connectivity index is 1.44. The number of likely N-dealkylation sites (tertiary alicyclic amines) is 1. The number of aliphatic imine (C=N–C) groups is 1. The first kappa shape index (κ1) is 20.7. The monoisotopic (exact) mass is 437 g/mol. The summed E-state index contributed by atoms with van der Waals surface area (Å²) in [7, 11) is 1.99. The number of thioether (sulfide) groups is 1. The summed E-state index contributed by atoms with van der Waals surface area (Å²) in [5.41, 5.74) is 18.8. The van der Waals surface area contributed by atoms with Crippen LogP contribution in [-0.2, 0) is 4.74 Å². The lowest BCUT2D eigenvalue weighted by Gasteiger charge is -2.46. The highest BCUT2D eigenvalue weighted by Crippen LogP contribution is 2.42. The van der Waals surface area contributed by atoms with Crippen LogP contribution < -0.4 is 17.2 Å². The van der Waals surface area contributed by atoms with Gasteiger partial charge >= 0.3 is 0 Å². The molecule has 1 aromatic rings. The van der Waals surface area contributed by atoms with Crippen molar-refractivity contribution in [3.63, 3.8) is 0 Å². The fourth-order valence-corrected chi connectivity index (χ4v) is 5.46. The number of rotatable bonds is 3. The molecule has 2 saturated heterocycles. The number of piperidine rings is 1. The molecule has 1 aromatic heterocycles. The predicted molar refractivity (Wildman–Crippen MR) is 117 cm³/mol. The molecular formula is C19H28ClN7OS. The maximum absolute atomic E-state index is 6.44. The second-order valence-electron chi connectivity index (χ2n) is 8.04. The lowest BCUT2D eigenvalue weighted by atomic mass is 9.73. The minimum absolute atomic E-state index is 0.0191. The molecule has 3 atom stereocenters. The van der Waals surface area contributed by atoms with Crippen molar-refractivity contribution in [1.29, 1.82) is 0 Å². The van der Waals surface area contributed by atoms with E-state index >= 15 is 0 Å². The van der Waals surface area contributed by atoms with Gasteiger partial charge in [-0.25, -0.2) is 9.98 Å². The van der Waals surface area contributed by atoms with E-state index in [4.69, 9.17) is 33.5 Å². The molecule has 0 amide bonds. The van der Waals surface area contributed by atoms with Crippen LogP contribution in [0.2, 0.25) is 5.02 Å². The van der Waals surface area contributed by atoms with Crippen LogP contribution in [0.4, 0.5) is 5.82 Å². The number of aromatic nitrogens is 1. The molecule has 10 heteroatoms. The SMILES string of the molecule is CC1OCC2(CCN(C3C=NC(Sc4ccnc(N)c4Cl)=C(N)N3C)CC2)C1N. The van der Waals surface area contributed by atoms with Crippen LogP contribution >= 0.6 is 23.4 Å². The minimum atomic E-state index is 0.0191. The van der Waals surface area contributed by atoms with Crippen LogP contribution in [0, 0.1) is 5.41 Å². The molecule has 158 valence electrons. The zero-order chi connectivity index (χ0) is 20.8. The van der Waals surface area contributed by atoms with E-state index in [0.717, 1.165) is 37.4 Å². The number of halogens is 1. The third kappa shape index (κ3) is 3.70. The molecule has 6 N–H and O–H groups in total. The van der Waals surface area contributed by atoms with E-state index in [0.29, 0.717) is 21.7 Å². The number of nitrogens with zero attached hydrogens (tertiary/aromatic N) is 4. The number of hydrogen-bond acceptors (Lipinski definition) is 9. The first-order valence-electron chi connectivity index (χ1n) is 9.78. The van der Waals surface area contributed by atoms with Crippen molar-refractivity contribution < 1.29 is 4.74 Å². The number of anilines is 1. The van der Waals surface area contributed by atoms with Gasteiger partial charge in [-0.2, -0.15) is 0 Å². The van der Waals surface area contributed by atoms with Crippen LogP contribution in [0.3, 0.4) is 0 Å². The molecule has 0 saturated carbocycles. The lowest BCUT2D eigenvalue weighted by molar-refractivity contribution is 0.0356. The standard InChI is InChI=1S/C19H28ClN7OS/c1-11-15(21)19(10-28-11)4-7-27(8-5-19)13-9-25-18(17(23)26(13)2)29-12-3-6-24-16(22)14(12)20/h3,6,9,11,13,15H,4-5,7-8,10,21,23H2,1-2H3,(H2,22,24). The van der Waals surface area contributed by atoms with Crippen molar-refractivity contribution in [2.45, 2.75) is 43.0 Å². The fourth-order valence-electron chi connectivity index (χ4n) is 4.34. The highest BCUT2D eigenvalue weighted by Gasteiger charge is 2.48. The molecule has 0 aromatic carbocycles. The van der Waals surface area contributed by atoms with Gasteiger partial charge in [0.2, 0.25) is 0 Å². The molecule has 3 unspecified atom stereocenters. The second kappa shape index (κ2) is 7.96. The highest BCUT2D eigenvalue weighted by molar-refractivity contribution is 8.03. The molecule has 0 radical (unpaired) electrons. The molecule has 8 nitrogen and oxygen atoms in total. The Bertz CT molecular complexity index is 840. The van der Waals surface area contributed by atoms with E-state index in [-0.39, 0.29) is 23.7 Å². The van der Waals surface area contributed by atoms with Gasteiger partial charge in [0.15, 0.2) is 0 Å². The van der Waals surface area contributed by atoms with Crippen molar-refractivity contribution in [3.05, 3.63) is 28.1 Å². The first-order chi connectivity index (χ1) is 13.8. The molecule has 0 aliphatic carbocycles. The van der Waals surface area contributed by atoms with E-state index in [1.807, 2.05) is 19.3 Å². The summed E-state index contributed by atoms with van der Waals surface area (Å²) in [4.78, 5) is 13.9. The summed E-state index contributed by atoms with van der Waals surface area (Å²) in [6.07, 6.45) is 5.77. The van der Waals surface area contributed by atoms with Gasteiger partial charge in [-0.1, -0.05) is 23.4 Å². The molecular weight excluding hydrogens is 410 g/mol. The quantitative estimate of drug-likeness (QED) is 0.653. The van der Waals surface area contributed by atoms with Crippen molar-refractivity contribution in [2.24, 2.45) is 21.9 Å². The number of hydrogen-bond donors (Lipinski definition) is 3. The van der Waals surface area contributed by atoms with Crippen molar-refractivity contribution in [2.75, 3.05) is 32.5 Å². The molecule has 3 aliphatic heterocycles. The van der Waals surface area contributed by atoms with Crippen LogP contribution in [0.15, 0.2) is 33.0 Å². The van der Waals surface area contributed by atoms with Gasteiger partial charge in [0.1, 0.15) is 22.8 Å². The van der Waals surface area contributed by atoms with E-state index in [1.54, 1.807) is 6.20 Å². The molecule has 1 spiro atoms. The second-order valence-corrected chi connectivity index (χ2v) is 9.45. The Hall–Kier alpha value is -1.52. The van der Waals surface area contributed by atoms with Gasteiger partial charge in [0, 0.05) is 48.9 Å². The normalized spacial score (nSPS) is 29.8. The summed E-state index contributed by atoms with van der Waals surface area (Å²) < 4.78 is 5.83.